The van der Waals surface area contributed by atoms with Gasteiger partial charge in [-0.05, 0) is 18.2 Å². The number of anilines is 1. The maximum absolute atomic E-state index is 12.5. The highest BCUT2D eigenvalue weighted by atomic mass is 16.5. The first kappa shape index (κ1) is 19.7. The van der Waals surface area contributed by atoms with Gasteiger partial charge in [-0.15, -0.1) is 0 Å². The standard InChI is InChI=1S/C21H27N3O4/c1-26-18-7-5-4-6-16(18)15-22-21(25)24-12-10-23(11-13-24)17-8-9-19(27-2)20(14-17)28-3/h4-9,14H,10-13,15H2,1-3H3,(H,22,25). The van der Waals surface area contributed by atoms with Crippen molar-refractivity contribution >= 4 is 11.7 Å². The summed E-state index contributed by atoms with van der Waals surface area (Å²) in [5, 5.41) is 2.98. The maximum Gasteiger partial charge on any atom is 0.317 e. The van der Waals surface area contributed by atoms with E-state index in [-0.39, 0.29) is 6.03 Å². The molecule has 0 aromatic heterocycles. The summed E-state index contributed by atoms with van der Waals surface area (Å²) in [7, 11) is 4.89. The van der Waals surface area contributed by atoms with Crippen LogP contribution >= 0.6 is 0 Å². The lowest BCUT2D eigenvalue weighted by Gasteiger charge is -2.36. The molecule has 0 radical (unpaired) electrons. The lowest BCUT2D eigenvalue weighted by atomic mass is 10.2. The van der Waals surface area contributed by atoms with Crippen LogP contribution in [0.3, 0.4) is 0 Å². The average molecular weight is 385 g/mol. The van der Waals surface area contributed by atoms with Crippen molar-refractivity contribution in [2.45, 2.75) is 6.54 Å². The van der Waals surface area contributed by atoms with Gasteiger partial charge in [-0.2, -0.15) is 0 Å². The highest BCUT2D eigenvalue weighted by molar-refractivity contribution is 5.74. The molecule has 150 valence electrons. The minimum absolute atomic E-state index is 0.0575. The lowest BCUT2D eigenvalue weighted by molar-refractivity contribution is 0.194. The fourth-order valence-electron chi connectivity index (χ4n) is 3.32. The first-order valence-electron chi connectivity index (χ1n) is 9.28. The average Bonchev–Trinajstić information content (AvgIpc) is 2.77. The number of ether oxygens (including phenoxy) is 3. The van der Waals surface area contributed by atoms with Gasteiger partial charge in [-0.3, -0.25) is 0 Å². The number of carbonyl (C=O) groups excluding carboxylic acids is 1. The molecule has 2 amide bonds. The summed E-state index contributed by atoms with van der Waals surface area (Å²) >= 11 is 0. The van der Waals surface area contributed by atoms with Gasteiger partial charge in [0.15, 0.2) is 11.5 Å². The number of nitrogens with one attached hydrogen (secondary N) is 1. The van der Waals surface area contributed by atoms with Crippen molar-refractivity contribution in [3.8, 4) is 17.2 Å². The van der Waals surface area contributed by atoms with Crippen LogP contribution in [-0.4, -0.2) is 58.4 Å². The van der Waals surface area contributed by atoms with Crippen LogP contribution in [-0.2, 0) is 6.54 Å². The van der Waals surface area contributed by atoms with E-state index in [9.17, 15) is 4.79 Å². The normalized spacial score (nSPS) is 13.8. The van der Waals surface area contributed by atoms with E-state index in [2.05, 4.69) is 10.2 Å². The fourth-order valence-corrected chi connectivity index (χ4v) is 3.32. The number of urea groups is 1. The number of hydrogen-bond donors (Lipinski definition) is 1. The molecule has 3 rings (SSSR count). The molecule has 7 heteroatoms. The zero-order valence-corrected chi connectivity index (χ0v) is 16.6. The van der Waals surface area contributed by atoms with Crippen molar-refractivity contribution in [2.24, 2.45) is 0 Å². The van der Waals surface area contributed by atoms with Crippen LogP contribution < -0.4 is 24.4 Å². The molecule has 1 heterocycles. The fraction of sp³-hybridized carbons (Fsp3) is 0.381. The van der Waals surface area contributed by atoms with Gasteiger partial charge in [0, 0.05) is 50.0 Å². The van der Waals surface area contributed by atoms with Crippen molar-refractivity contribution in [3.63, 3.8) is 0 Å². The number of piperazine rings is 1. The van der Waals surface area contributed by atoms with Gasteiger partial charge in [0.25, 0.3) is 0 Å². The molecule has 0 aliphatic carbocycles. The maximum atomic E-state index is 12.5. The van der Waals surface area contributed by atoms with E-state index in [0.29, 0.717) is 31.1 Å². The Morgan fingerprint density at radius 3 is 2.25 bits per heavy atom. The summed E-state index contributed by atoms with van der Waals surface area (Å²) in [6, 6.07) is 13.5. The van der Waals surface area contributed by atoms with Gasteiger partial charge in [-0.1, -0.05) is 18.2 Å². The molecule has 28 heavy (non-hydrogen) atoms. The molecule has 2 aromatic rings. The van der Waals surface area contributed by atoms with Gasteiger partial charge in [-0.25, -0.2) is 4.79 Å². The summed E-state index contributed by atoms with van der Waals surface area (Å²) in [4.78, 5) is 16.6. The van der Waals surface area contributed by atoms with Crippen LogP contribution in [0.4, 0.5) is 10.5 Å². The van der Waals surface area contributed by atoms with E-state index in [1.54, 1.807) is 21.3 Å². The first-order valence-corrected chi connectivity index (χ1v) is 9.28. The molecule has 0 bridgehead atoms. The number of methoxy groups -OCH3 is 3. The molecule has 1 aliphatic heterocycles. The van der Waals surface area contributed by atoms with Gasteiger partial charge >= 0.3 is 6.03 Å². The van der Waals surface area contributed by atoms with Crippen molar-refractivity contribution < 1.29 is 19.0 Å². The second kappa shape index (κ2) is 9.21. The number of amides is 2. The van der Waals surface area contributed by atoms with Gasteiger partial charge < -0.3 is 29.3 Å². The summed E-state index contributed by atoms with van der Waals surface area (Å²) in [5.41, 5.74) is 2.02. The Kier molecular flexibility index (Phi) is 6.47. The predicted molar refractivity (Wildman–Crippen MR) is 109 cm³/mol. The number of para-hydroxylation sites is 1. The number of hydrogen-bond acceptors (Lipinski definition) is 5. The number of nitrogens with zero attached hydrogens (tertiary/aromatic N) is 2. The van der Waals surface area contributed by atoms with E-state index in [1.165, 1.54) is 0 Å². The highest BCUT2D eigenvalue weighted by Crippen LogP contribution is 2.31. The third-order valence-corrected chi connectivity index (χ3v) is 4.92. The molecule has 1 fully saturated rings. The van der Waals surface area contributed by atoms with Crippen LogP contribution in [0.2, 0.25) is 0 Å². The minimum atomic E-state index is -0.0575. The van der Waals surface area contributed by atoms with Crippen LogP contribution in [0.1, 0.15) is 5.56 Å². The van der Waals surface area contributed by atoms with Crippen LogP contribution in [0.25, 0.3) is 0 Å². The molecule has 0 atom stereocenters. The van der Waals surface area contributed by atoms with Gasteiger partial charge in [0.2, 0.25) is 0 Å². The molecular formula is C21H27N3O4. The molecule has 1 aliphatic rings. The van der Waals surface area contributed by atoms with Gasteiger partial charge in [0.05, 0.1) is 21.3 Å². The van der Waals surface area contributed by atoms with Crippen molar-refractivity contribution in [2.75, 3.05) is 52.4 Å². The van der Waals surface area contributed by atoms with Crippen molar-refractivity contribution in [1.29, 1.82) is 0 Å². The summed E-state index contributed by atoms with van der Waals surface area (Å²) in [6.07, 6.45) is 0. The van der Waals surface area contributed by atoms with Crippen LogP contribution in [0, 0.1) is 0 Å². The quantitative estimate of drug-likeness (QED) is 0.828. The zero-order valence-electron chi connectivity index (χ0n) is 16.6. The van der Waals surface area contributed by atoms with E-state index < -0.39 is 0 Å². The summed E-state index contributed by atoms with van der Waals surface area (Å²) in [5.74, 6) is 2.19. The Morgan fingerprint density at radius 2 is 1.57 bits per heavy atom. The molecule has 0 spiro atoms. The molecule has 7 nitrogen and oxygen atoms in total. The number of benzene rings is 2. The molecule has 0 saturated carbocycles. The monoisotopic (exact) mass is 385 g/mol. The number of rotatable bonds is 6. The Labute approximate surface area is 165 Å². The van der Waals surface area contributed by atoms with E-state index in [1.807, 2.05) is 47.4 Å². The molecular weight excluding hydrogens is 358 g/mol. The third-order valence-electron chi connectivity index (χ3n) is 4.92. The predicted octanol–water partition coefficient (Wildman–Crippen LogP) is 2.74. The molecule has 0 unspecified atom stereocenters. The smallest absolute Gasteiger partial charge is 0.317 e. The van der Waals surface area contributed by atoms with Gasteiger partial charge in [0.1, 0.15) is 5.75 Å². The Balaban J connectivity index is 1.54. The second-order valence-corrected chi connectivity index (χ2v) is 6.48. The van der Waals surface area contributed by atoms with E-state index >= 15 is 0 Å². The third kappa shape index (κ3) is 4.42. The minimum Gasteiger partial charge on any atom is -0.496 e. The van der Waals surface area contributed by atoms with Crippen molar-refractivity contribution in [1.82, 2.24) is 10.2 Å². The Morgan fingerprint density at radius 1 is 0.893 bits per heavy atom. The zero-order chi connectivity index (χ0) is 19.9. The van der Waals surface area contributed by atoms with Crippen LogP contribution in [0.5, 0.6) is 17.2 Å². The Hall–Kier alpha value is -3.09. The lowest BCUT2D eigenvalue weighted by Crippen LogP contribution is -2.51. The molecule has 2 aromatic carbocycles. The summed E-state index contributed by atoms with van der Waals surface area (Å²) < 4.78 is 16.0. The van der Waals surface area contributed by atoms with E-state index in [4.69, 9.17) is 14.2 Å². The second-order valence-electron chi connectivity index (χ2n) is 6.48. The highest BCUT2D eigenvalue weighted by Gasteiger charge is 2.22. The largest absolute Gasteiger partial charge is 0.496 e. The first-order chi connectivity index (χ1) is 13.7. The van der Waals surface area contributed by atoms with Crippen LogP contribution in [0.15, 0.2) is 42.5 Å². The Bertz CT molecular complexity index is 804. The topological polar surface area (TPSA) is 63.3 Å². The van der Waals surface area contributed by atoms with Crippen molar-refractivity contribution in [3.05, 3.63) is 48.0 Å². The molecule has 1 N–H and O–H groups in total. The molecule has 1 saturated heterocycles. The number of carbonyl (C=O) groups is 1. The summed E-state index contributed by atoms with van der Waals surface area (Å²) in [6.45, 7) is 3.28. The van der Waals surface area contributed by atoms with E-state index in [0.717, 1.165) is 30.1 Å². The SMILES string of the molecule is COc1ccccc1CNC(=O)N1CCN(c2ccc(OC)c(OC)c2)CC1.